The summed E-state index contributed by atoms with van der Waals surface area (Å²) in [5.41, 5.74) is 2.32. The summed E-state index contributed by atoms with van der Waals surface area (Å²) in [5.74, 6) is 0.693. The molecule has 1 aromatic carbocycles. The van der Waals surface area contributed by atoms with Gasteiger partial charge in [-0.25, -0.2) is 0 Å². The molecule has 0 spiro atoms. The molecule has 1 amide bonds. The predicted octanol–water partition coefficient (Wildman–Crippen LogP) is 3.45. The van der Waals surface area contributed by atoms with E-state index in [0.29, 0.717) is 18.6 Å². The number of fused-ring (bicyclic) bond motifs is 2. The third kappa shape index (κ3) is 3.81. The van der Waals surface area contributed by atoms with Crippen molar-refractivity contribution in [1.29, 1.82) is 0 Å². The number of nitrogens with zero attached hydrogens (tertiary/aromatic N) is 2. The van der Waals surface area contributed by atoms with E-state index >= 15 is 0 Å². The maximum atomic E-state index is 13.1. The van der Waals surface area contributed by atoms with Crippen molar-refractivity contribution < 1.29 is 9.53 Å². The van der Waals surface area contributed by atoms with Crippen molar-refractivity contribution in [1.82, 2.24) is 4.90 Å². The number of hydrogen-bond donors (Lipinski definition) is 0. The lowest BCUT2D eigenvalue weighted by molar-refractivity contribution is -0.129. The van der Waals surface area contributed by atoms with Crippen molar-refractivity contribution >= 4 is 11.6 Å². The molecule has 0 unspecified atom stereocenters. The molecule has 0 aromatic heterocycles. The lowest BCUT2D eigenvalue weighted by Crippen LogP contribution is -2.45. The van der Waals surface area contributed by atoms with Gasteiger partial charge in [0.15, 0.2) is 0 Å². The maximum Gasteiger partial charge on any atom is 0.255 e. The van der Waals surface area contributed by atoms with Gasteiger partial charge in [-0.2, -0.15) is 0 Å². The lowest BCUT2D eigenvalue weighted by atomic mass is 10.1. The molecule has 1 saturated heterocycles. The van der Waals surface area contributed by atoms with Crippen LogP contribution in [0.1, 0.15) is 45.6 Å². The first-order chi connectivity index (χ1) is 11.6. The van der Waals surface area contributed by atoms with Crippen LogP contribution in [0.5, 0.6) is 0 Å². The highest BCUT2D eigenvalue weighted by atomic mass is 16.5. The van der Waals surface area contributed by atoms with Crippen LogP contribution in [0.15, 0.2) is 24.3 Å². The van der Waals surface area contributed by atoms with Crippen molar-refractivity contribution in [3.8, 4) is 0 Å². The second-order valence-electron chi connectivity index (χ2n) is 7.54. The summed E-state index contributed by atoms with van der Waals surface area (Å²) in [5, 5.41) is 0. The van der Waals surface area contributed by atoms with E-state index in [9.17, 15) is 4.79 Å². The van der Waals surface area contributed by atoms with Crippen LogP contribution in [0.2, 0.25) is 0 Å². The number of ether oxygens (including phenoxy) is 1. The van der Waals surface area contributed by atoms with E-state index in [-0.39, 0.29) is 12.0 Å². The van der Waals surface area contributed by atoms with Crippen molar-refractivity contribution in [3.63, 3.8) is 0 Å². The first-order valence-corrected chi connectivity index (χ1v) is 9.31. The fourth-order valence-corrected chi connectivity index (χ4v) is 3.73. The Labute approximate surface area is 145 Å². The van der Waals surface area contributed by atoms with E-state index in [4.69, 9.17) is 4.74 Å². The van der Waals surface area contributed by atoms with Gasteiger partial charge in [-0.15, -0.1) is 0 Å². The Morgan fingerprint density at radius 3 is 2.88 bits per heavy atom. The summed E-state index contributed by atoms with van der Waals surface area (Å²) >= 11 is 0. The van der Waals surface area contributed by atoms with Crippen molar-refractivity contribution in [2.24, 2.45) is 5.92 Å². The molecule has 24 heavy (non-hydrogen) atoms. The first-order valence-electron chi connectivity index (χ1n) is 9.31. The van der Waals surface area contributed by atoms with Gasteiger partial charge in [0.1, 0.15) is 6.10 Å². The summed E-state index contributed by atoms with van der Waals surface area (Å²) in [7, 11) is 0. The van der Waals surface area contributed by atoms with Crippen LogP contribution in [-0.2, 0) is 16.1 Å². The number of para-hydroxylation sites is 1. The topological polar surface area (TPSA) is 32.8 Å². The zero-order chi connectivity index (χ0) is 17.1. The summed E-state index contributed by atoms with van der Waals surface area (Å²) in [4.78, 5) is 17.6. The summed E-state index contributed by atoms with van der Waals surface area (Å²) in [6.45, 7) is 9.77. The van der Waals surface area contributed by atoms with Gasteiger partial charge in [-0.3, -0.25) is 9.69 Å². The van der Waals surface area contributed by atoms with Crippen LogP contribution in [0, 0.1) is 5.92 Å². The molecule has 0 aliphatic carbocycles. The van der Waals surface area contributed by atoms with E-state index in [1.165, 1.54) is 18.4 Å². The second-order valence-corrected chi connectivity index (χ2v) is 7.54. The number of carbonyl (C=O) groups excluding carboxylic acids is 1. The SMILES string of the molecule is CC(C)CCO[C@H](C)C(=O)N1C[C@H]2CCCN2Cc2ccccc21. The molecular weight excluding hydrogens is 300 g/mol. The molecule has 0 saturated carbocycles. The molecule has 0 radical (unpaired) electrons. The fourth-order valence-electron chi connectivity index (χ4n) is 3.73. The number of anilines is 1. The van der Waals surface area contributed by atoms with Gasteiger partial charge in [-0.1, -0.05) is 32.0 Å². The van der Waals surface area contributed by atoms with Gasteiger partial charge in [-0.05, 0) is 50.3 Å². The van der Waals surface area contributed by atoms with Crippen LogP contribution in [0.25, 0.3) is 0 Å². The maximum absolute atomic E-state index is 13.1. The zero-order valence-electron chi connectivity index (χ0n) is 15.2. The standard InChI is InChI=1S/C20H30N2O2/c1-15(2)10-12-24-16(3)20(23)22-14-18-8-6-11-21(18)13-17-7-4-5-9-19(17)22/h4-5,7,9,15-16,18H,6,8,10-14H2,1-3H3/t16-,18-/m1/s1. The van der Waals surface area contributed by atoms with Gasteiger partial charge >= 0.3 is 0 Å². The smallest absolute Gasteiger partial charge is 0.255 e. The van der Waals surface area contributed by atoms with Crippen LogP contribution < -0.4 is 4.90 Å². The van der Waals surface area contributed by atoms with Crippen molar-refractivity contribution in [2.75, 3.05) is 24.6 Å². The highest BCUT2D eigenvalue weighted by Gasteiger charge is 2.34. The molecular formula is C20H30N2O2. The van der Waals surface area contributed by atoms with Crippen molar-refractivity contribution in [2.45, 2.75) is 58.7 Å². The molecule has 2 heterocycles. The zero-order valence-corrected chi connectivity index (χ0v) is 15.2. The molecule has 4 nitrogen and oxygen atoms in total. The average Bonchev–Trinajstić information content (AvgIpc) is 2.93. The van der Waals surface area contributed by atoms with Crippen molar-refractivity contribution in [3.05, 3.63) is 29.8 Å². The largest absolute Gasteiger partial charge is 0.369 e. The van der Waals surface area contributed by atoms with Crippen LogP contribution >= 0.6 is 0 Å². The number of amides is 1. The molecule has 132 valence electrons. The third-order valence-corrected chi connectivity index (χ3v) is 5.23. The Bertz CT molecular complexity index is 573. The molecule has 4 heteroatoms. The molecule has 1 fully saturated rings. The van der Waals surface area contributed by atoms with Crippen LogP contribution in [0.3, 0.4) is 0 Å². The molecule has 2 aliphatic heterocycles. The minimum absolute atomic E-state index is 0.0972. The molecule has 1 aromatic rings. The van der Waals surface area contributed by atoms with Gasteiger partial charge in [0.05, 0.1) is 0 Å². The number of carbonyl (C=O) groups is 1. The number of benzene rings is 1. The fraction of sp³-hybridized carbons (Fsp3) is 0.650. The Morgan fingerprint density at radius 2 is 2.08 bits per heavy atom. The van der Waals surface area contributed by atoms with Gasteiger partial charge in [0.2, 0.25) is 0 Å². The molecule has 3 rings (SSSR count). The Kier molecular flexibility index (Phi) is 5.57. The minimum atomic E-state index is -0.384. The van der Waals surface area contributed by atoms with Crippen LogP contribution in [-0.4, -0.2) is 42.6 Å². The van der Waals surface area contributed by atoms with Gasteiger partial charge in [0.25, 0.3) is 5.91 Å². The Hall–Kier alpha value is -1.39. The van der Waals surface area contributed by atoms with Gasteiger partial charge < -0.3 is 9.64 Å². The Morgan fingerprint density at radius 1 is 1.29 bits per heavy atom. The monoisotopic (exact) mass is 330 g/mol. The van der Waals surface area contributed by atoms with Gasteiger partial charge in [0, 0.05) is 31.4 Å². The third-order valence-electron chi connectivity index (χ3n) is 5.23. The predicted molar refractivity (Wildman–Crippen MR) is 97.1 cm³/mol. The lowest BCUT2D eigenvalue weighted by Gasteiger charge is -2.28. The normalized spacial score (nSPS) is 22.2. The van der Waals surface area contributed by atoms with Crippen LogP contribution in [0.4, 0.5) is 5.69 Å². The number of rotatable bonds is 5. The first kappa shape index (κ1) is 17.4. The highest BCUT2D eigenvalue weighted by Crippen LogP contribution is 2.32. The highest BCUT2D eigenvalue weighted by molar-refractivity contribution is 5.97. The van der Waals surface area contributed by atoms with E-state index in [1.54, 1.807) is 0 Å². The summed E-state index contributed by atoms with van der Waals surface area (Å²) in [6, 6.07) is 8.81. The Balaban J connectivity index is 1.76. The summed E-state index contributed by atoms with van der Waals surface area (Å²) in [6.07, 6.45) is 3.02. The molecule has 0 bridgehead atoms. The van der Waals surface area contributed by atoms with E-state index < -0.39 is 0 Å². The molecule has 2 atom stereocenters. The van der Waals surface area contributed by atoms with E-state index in [2.05, 4.69) is 36.9 Å². The second kappa shape index (κ2) is 7.66. The summed E-state index contributed by atoms with van der Waals surface area (Å²) < 4.78 is 5.83. The molecule has 0 N–H and O–H groups in total. The molecule has 2 aliphatic rings. The quantitative estimate of drug-likeness (QED) is 0.829. The average molecular weight is 330 g/mol. The van der Waals surface area contributed by atoms with E-state index in [1.807, 2.05) is 17.9 Å². The minimum Gasteiger partial charge on any atom is -0.369 e. The number of hydrogen-bond acceptors (Lipinski definition) is 3. The van der Waals surface area contributed by atoms with E-state index in [0.717, 1.165) is 31.7 Å².